The van der Waals surface area contributed by atoms with Crippen molar-refractivity contribution in [2.75, 3.05) is 53.1 Å². The Bertz CT molecular complexity index is 589. The van der Waals surface area contributed by atoms with Gasteiger partial charge in [-0.15, -0.1) is 0 Å². The van der Waals surface area contributed by atoms with Crippen molar-refractivity contribution in [3.63, 3.8) is 0 Å². The summed E-state index contributed by atoms with van der Waals surface area (Å²) in [5, 5.41) is 3.31. The van der Waals surface area contributed by atoms with E-state index in [4.69, 9.17) is 25.8 Å². The van der Waals surface area contributed by atoms with E-state index in [-0.39, 0.29) is 5.91 Å². The second-order valence-corrected chi connectivity index (χ2v) is 7.14. The van der Waals surface area contributed by atoms with E-state index < -0.39 is 0 Å². The summed E-state index contributed by atoms with van der Waals surface area (Å²) in [6.45, 7) is 9.49. The highest BCUT2D eigenvalue weighted by atomic mass is 35.5. The van der Waals surface area contributed by atoms with Crippen LogP contribution in [0.2, 0.25) is 5.02 Å². The van der Waals surface area contributed by atoms with Crippen LogP contribution in [0.1, 0.15) is 30.6 Å². The molecule has 1 aromatic rings. The molecule has 1 aliphatic rings. The summed E-state index contributed by atoms with van der Waals surface area (Å²) in [6, 6.07) is 3.29. The number of hydrogen-bond acceptors (Lipinski definition) is 5. The molecule has 1 heterocycles. The number of morpholine rings is 1. The van der Waals surface area contributed by atoms with E-state index in [0.717, 1.165) is 39.3 Å². The highest BCUT2D eigenvalue weighted by molar-refractivity contribution is 6.32. The second-order valence-electron chi connectivity index (χ2n) is 6.73. The molecule has 0 unspecified atom stereocenters. The van der Waals surface area contributed by atoms with Crippen LogP contribution in [0.5, 0.6) is 11.5 Å². The second kappa shape index (κ2) is 10.6. The summed E-state index contributed by atoms with van der Waals surface area (Å²) in [5.74, 6) is 1.32. The van der Waals surface area contributed by atoms with E-state index in [1.807, 2.05) is 0 Å². The number of nitrogens with zero attached hydrogens (tertiary/aromatic N) is 1. The van der Waals surface area contributed by atoms with Gasteiger partial charge in [-0.1, -0.05) is 25.4 Å². The van der Waals surface area contributed by atoms with Gasteiger partial charge >= 0.3 is 0 Å². The molecule has 1 saturated heterocycles. The number of amides is 1. The quantitative estimate of drug-likeness (QED) is 0.709. The molecule has 26 heavy (non-hydrogen) atoms. The summed E-state index contributed by atoms with van der Waals surface area (Å²) < 4.78 is 16.4. The zero-order chi connectivity index (χ0) is 18.9. The van der Waals surface area contributed by atoms with Crippen LogP contribution >= 0.6 is 11.6 Å². The minimum absolute atomic E-state index is 0.174. The Balaban J connectivity index is 1.93. The summed E-state index contributed by atoms with van der Waals surface area (Å²) >= 11 is 6.32. The van der Waals surface area contributed by atoms with Crippen molar-refractivity contribution in [2.24, 2.45) is 5.92 Å². The largest absolute Gasteiger partial charge is 0.493 e. The van der Waals surface area contributed by atoms with Gasteiger partial charge in [0.1, 0.15) is 0 Å². The van der Waals surface area contributed by atoms with Gasteiger partial charge in [0.25, 0.3) is 5.91 Å². The average Bonchev–Trinajstić information content (AvgIpc) is 2.63. The van der Waals surface area contributed by atoms with Gasteiger partial charge in [0.2, 0.25) is 0 Å². The number of rotatable bonds is 9. The van der Waals surface area contributed by atoms with Gasteiger partial charge in [-0.25, -0.2) is 0 Å². The van der Waals surface area contributed by atoms with Crippen molar-refractivity contribution in [2.45, 2.75) is 20.3 Å². The van der Waals surface area contributed by atoms with Gasteiger partial charge in [-0.05, 0) is 24.5 Å². The third-order valence-electron chi connectivity index (χ3n) is 4.25. The standard InChI is InChI=1S/C19H29ClN2O4/c1-14(2)4-9-26-18-16(20)12-15(13-17(18)24-3)19(23)21-5-6-22-7-10-25-11-8-22/h12-14H,4-11H2,1-3H3,(H,21,23). The first-order valence-corrected chi connectivity index (χ1v) is 9.47. The number of carbonyl (C=O) groups is 1. The Morgan fingerprint density at radius 3 is 2.73 bits per heavy atom. The van der Waals surface area contributed by atoms with Gasteiger partial charge in [-0.3, -0.25) is 9.69 Å². The number of halogens is 1. The molecule has 1 amide bonds. The van der Waals surface area contributed by atoms with E-state index in [1.54, 1.807) is 19.2 Å². The van der Waals surface area contributed by atoms with Crippen LogP contribution in [-0.2, 0) is 4.74 Å². The molecule has 6 nitrogen and oxygen atoms in total. The van der Waals surface area contributed by atoms with Gasteiger partial charge < -0.3 is 19.5 Å². The van der Waals surface area contributed by atoms with Crippen molar-refractivity contribution in [3.05, 3.63) is 22.7 Å². The molecule has 0 saturated carbocycles. The van der Waals surface area contributed by atoms with Gasteiger partial charge in [0, 0.05) is 31.7 Å². The minimum Gasteiger partial charge on any atom is -0.493 e. The first kappa shape index (κ1) is 20.8. The molecule has 146 valence electrons. The molecule has 2 rings (SSSR count). The maximum absolute atomic E-state index is 12.4. The summed E-state index contributed by atoms with van der Waals surface area (Å²) in [6.07, 6.45) is 0.920. The van der Waals surface area contributed by atoms with Crippen molar-refractivity contribution in [1.29, 1.82) is 0 Å². The topological polar surface area (TPSA) is 60.0 Å². The first-order valence-electron chi connectivity index (χ1n) is 9.10. The van der Waals surface area contributed by atoms with Crippen molar-refractivity contribution < 1.29 is 19.0 Å². The molecule has 7 heteroatoms. The third kappa shape index (κ3) is 6.34. The van der Waals surface area contributed by atoms with Crippen LogP contribution in [-0.4, -0.2) is 63.9 Å². The zero-order valence-electron chi connectivity index (χ0n) is 15.8. The van der Waals surface area contributed by atoms with Crippen molar-refractivity contribution >= 4 is 17.5 Å². The molecule has 0 atom stereocenters. The molecule has 0 radical (unpaired) electrons. The summed E-state index contributed by atoms with van der Waals surface area (Å²) in [5.41, 5.74) is 0.463. The van der Waals surface area contributed by atoms with Crippen molar-refractivity contribution in [3.8, 4) is 11.5 Å². The number of carbonyl (C=O) groups excluding carboxylic acids is 1. The molecule has 1 fully saturated rings. The van der Waals surface area contributed by atoms with E-state index in [2.05, 4.69) is 24.1 Å². The molecular formula is C19H29ClN2O4. The van der Waals surface area contributed by atoms with E-state index in [0.29, 0.717) is 41.2 Å². The highest BCUT2D eigenvalue weighted by Crippen LogP contribution is 2.36. The van der Waals surface area contributed by atoms with Crippen LogP contribution in [0.15, 0.2) is 12.1 Å². The lowest BCUT2D eigenvalue weighted by atomic mass is 10.1. The molecular weight excluding hydrogens is 356 g/mol. The van der Waals surface area contributed by atoms with Crippen LogP contribution in [0.3, 0.4) is 0 Å². The van der Waals surface area contributed by atoms with Gasteiger partial charge in [0.15, 0.2) is 11.5 Å². The van der Waals surface area contributed by atoms with Gasteiger partial charge in [0.05, 0.1) is 32.0 Å². The number of hydrogen-bond donors (Lipinski definition) is 1. The fourth-order valence-electron chi connectivity index (χ4n) is 2.64. The molecule has 1 aromatic carbocycles. The summed E-state index contributed by atoms with van der Waals surface area (Å²) in [4.78, 5) is 14.7. The molecule has 0 aromatic heterocycles. The maximum Gasteiger partial charge on any atom is 0.251 e. The van der Waals surface area contributed by atoms with Crippen LogP contribution in [0, 0.1) is 5.92 Å². The van der Waals surface area contributed by atoms with E-state index in [1.165, 1.54) is 0 Å². The lowest BCUT2D eigenvalue weighted by Crippen LogP contribution is -2.41. The Labute approximate surface area is 160 Å². The molecule has 0 aliphatic carbocycles. The predicted molar refractivity (Wildman–Crippen MR) is 103 cm³/mol. The molecule has 0 spiro atoms. The Morgan fingerprint density at radius 1 is 1.35 bits per heavy atom. The monoisotopic (exact) mass is 384 g/mol. The Hall–Kier alpha value is -1.50. The highest BCUT2D eigenvalue weighted by Gasteiger charge is 2.16. The SMILES string of the molecule is COc1cc(C(=O)NCCN2CCOCC2)cc(Cl)c1OCCC(C)C. The van der Waals surface area contributed by atoms with Crippen LogP contribution in [0.25, 0.3) is 0 Å². The van der Waals surface area contributed by atoms with Crippen molar-refractivity contribution in [1.82, 2.24) is 10.2 Å². The fraction of sp³-hybridized carbons (Fsp3) is 0.632. The van der Waals surface area contributed by atoms with E-state index >= 15 is 0 Å². The zero-order valence-corrected chi connectivity index (χ0v) is 16.6. The summed E-state index contributed by atoms with van der Waals surface area (Å²) in [7, 11) is 1.54. The Morgan fingerprint density at radius 2 is 2.08 bits per heavy atom. The lowest BCUT2D eigenvalue weighted by Gasteiger charge is -2.26. The fourth-order valence-corrected chi connectivity index (χ4v) is 2.91. The number of benzene rings is 1. The van der Waals surface area contributed by atoms with Crippen LogP contribution in [0.4, 0.5) is 0 Å². The molecule has 1 aliphatic heterocycles. The van der Waals surface area contributed by atoms with E-state index in [9.17, 15) is 4.79 Å². The molecule has 0 bridgehead atoms. The normalized spacial score (nSPS) is 15.1. The maximum atomic E-state index is 12.4. The minimum atomic E-state index is -0.174. The lowest BCUT2D eigenvalue weighted by molar-refractivity contribution is 0.0383. The first-order chi connectivity index (χ1) is 12.5. The number of nitrogens with one attached hydrogen (secondary N) is 1. The predicted octanol–water partition coefficient (Wildman–Crippen LogP) is 2.84. The van der Waals surface area contributed by atoms with Gasteiger partial charge in [-0.2, -0.15) is 0 Å². The number of ether oxygens (including phenoxy) is 3. The molecule has 1 N–H and O–H groups in total. The third-order valence-corrected chi connectivity index (χ3v) is 4.53. The van der Waals surface area contributed by atoms with Crippen LogP contribution < -0.4 is 14.8 Å². The smallest absolute Gasteiger partial charge is 0.251 e. The number of methoxy groups -OCH3 is 1. The average molecular weight is 385 g/mol. The Kier molecular flexibility index (Phi) is 8.48.